The molecule has 7 heteroatoms. The summed E-state index contributed by atoms with van der Waals surface area (Å²) in [5.74, 6) is -0.603. The molecule has 0 aliphatic rings. The fraction of sp³-hybridized carbons (Fsp3) is 0.316. The van der Waals surface area contributed by atoms with E-state index in [0.717, 1.165) is 10.0 Å². The molecule has 0 aromatic heterocycles. The van der Waals surface area contributed by atoms with E-state index in [0.29, 0.717) is 11.6 Å². The van der Waals surface area contributed by atoms with E-state index in [2.05, 4.69) is 29.8 Å². The number of anilines is 1. The van der Waals surface area contributed by atoms with Crippen molar-refractivity contribution in [2.75, 3.05) is 10.8 Å². The molecule has 0 amide bonds. The Hall–Kier alpha value is -1.86. The molecule has 0 aliphatic heterocycles. The second-order valence-corrected chi connectivity index (χ2v) is 9.05. The number of halogens is 1. The van der Waals surface area contributed by atoms with Crippen LogP contribution in [0, 0.1) is 0 Å². The van der Waals surface area contributed by atoms with Crippen LogP contribution in [0.1, 0.15) is 38.2 Å². The normalized spacial score (nSPS) is 11.5. The van der Waals surface area contributed by atoms with Crippen molar-refractivity contribution in [1.82, 2.24) is 0 Å². The van der Waals surface area contributed by atoms with Gasteiger partial charge in [0, 0.05) is 17.4 Å². The highest BCUT2D eigenvalue weighted by molar-refractivity contribution is 9.10. The van der Waals surface area contributed by atoms with Crippen LogP contribution in [0.2, 0.25) is 0 Å². The van der Waals surface area contributed by atoms with Gasteiger partial charge in [0.25, 0.3) is 10.0 Å². The summed E-state index contributed by atoms with van der Waals surface area (Å²) in [5.41, 5.74) is 1.64. The first-order chi connectivity index (χ1) is 12.2. The van der Waals surface area contributed by atoms with Gasteiger partial charge >= 0.3 is 5.97 Å². The Balaban J connectivity index is 2.39. The second-order valence-electron chi connectivity index (χ2n) is 6.27. The molecule has 26 heavy (non-hydrogen) atoms. The van der Waals surface area contributed by atoms with Crippen molar-refractivity contribution < 1.29 is 18.3 Å². The van der Waals surface area contributed by atoms with E-state index in [9.17, 15) is 13.2 Å². The van der Waals surface area contributed by atoms with Crippen molar-refractivity contribution >= 4 is 37.6 Å². The number of benzene rings is 2. The van der Waals surface area contributed by atoms with Crippen molar-refractivity contribution in [3.8, 4) is 0 Å². The summed E-state index contributed by atoms with van der Waals surface area (Å²) in [6.45, 7) is 4.24. The highest BCUT2D eigenvalue weighted by atomic mass is 79.9. The minimum Gasteiger partial charge on any atom is -0.481 e. The predicted molar refractivity (Wildman–Crippen MR) is 106 cm³/mol. The van der Waals surface area contributed by atoms with Crippen molar-refractivity contribution in [2.45, 2.75) is 37.5 Å². The molecule has 0 radical (unpaired) electrons. The van der Waals surface area contributed by atoms with E-state index in [1.54, 1.807) is 24.3 Å². The van der Waals surface area contributed by atoms with Crippen molar-refractivity contribution in [3.05, 3.63) is 58.6 Å². The molecular formula is C19H22BrNO4S. The molecule has 0 saturated carbocycles. The van der Waals surface area contributed by atoms with Gasteiger partial charge in [-0.2, -0.15) is 0 Å². The summed E-state index contributed by atoms with van der Waals surface area (Å²) in [5, 5.41) is 8.87. The van der Waals surface area contributed by atoms with E-state index < -0.39 is 16.0 Å². The van der Waals surface area contributed by atoms with Crippen LogP contribution in [0.4, 0.5) is 5.69 Å². The zero-order chi connectivity index (χ0) is 19.3. The van der Waals surface area contributed by atoms with Gasteiger partial charge in [-0.15, -0.1) is 0 Å². The molecule has 2 rings (SSSR count). The van der Waals surface area contributed by atoms with Gasteiger partial charge in [-0.3, -0.25) is 9.10 Å². The lowest BCUT2D eigenvalue weighted by molar-refractivity contribution is -0.137. The Morgan fingerprint density at radius 3 is 2.15 bits per heavy atom. The van der Waals surface area contributed by atoms with Crippen LogP contribution in [-0.4, -0.2) is 26.0 Å². The molecule has 0 unspecified atom stereocenters. The van der Waals surface area contributed by atoms with Crippen LogP contribution in [0.5, 0.6) is 0 Å². The third kappa shape index (κ3) is 5.08. The molecule has 0 bridgehead atoms. The number of aliphatic carboxylic acids is 1. The lowest BCUT2D eigenvalue weighted by Crippen LogP contribution is -2.32. The molecule has 5 nitrogen and oxygen atoms in total. The third-order valence-corrected chi connectivity index (χ3v) is 6.37. The summed E-state index contributed by atoms with van der Waals surface area (Å²) in [6, 6.07) is 13.8. The minimum absolute atomic E-state index is 0.0869. The molecule has 0 fully saturated rings. The number of nitrogens with zero attached hydrogens (tertiary/aromatic N) is 1. The van der Waals surface area contributed by atoms with Gasteiger partial charge < -0.3 is 5.11 Å². The lowest BCUT2D eigenvalue weighted by Gasteiger charge is -2.25. The highest BCUT2D eigenvalue weighted by Crippen LogP contribution is 2.27. The van der Waals surface area contributed by atoms with E-state index in [-0.39, 0.29) is 24.3 Å². The Bertz CT molecular complexity index is 846. The van der Waals surface area contributed by atoms with Gasteiger partial charge in [0.2, 0.25) is 0 Å². The van der Waals surface area contributed by atoms with Gasteiger partial charge in [-0.25, -0.2) is 8.42 Å². The SMILES string of the molecule is CC(C)c1ccc(N(CCCC(=O)O)S(=O)(=O)c2ccc(Br)cc2)cc1. The van der Waals surface area contributed by atoms with Gasteiger partial charge in [0.15, 0.2) is 0 Å². The molecule has 2 aromatic rings. The smallest absolute Gasteiger partial charge is 0.303 e. The van der Waals surface area contributed by atoms with Gasteiger partial charge in [-0.05, 0) is 54.3 Å². The molecule has 2 aromatic carbocycles. The number of carboxylic acids is 1. The Morgan fingerprint density at radius 2 is 1.65 bits per heavy atom. The molecule has 0 heterocycles. The summed E-state index contributed by atoms with van der Waals surface area (Å²) in [4.78, 5) is 11.0. The van der Waals surface area contributed by atoms with Gasteiger partial charge in [-0.1, -0.05) is 41.9 Å². The van der Waals surface area contributed by atoms with Crippen LogP contribution in [0.3, 0.4) is 0 Å². The average Bonchev–Trinajstić information content (AvgIpc) is 2.59. The van der Waals surface area contributed by atoms with Crippen molar-refractivity contribution in [1.29, 1.82) is 0 Å². The summed E-state index contributed by atoms with van der Waals surface area (Å²) < 4.78 is 28.3. The zero-order valence-corrected chi connectivity index (χ0v) is 17.1. The number of rotatable bonds is 8. The largest absolute Gasteiger partial charge is 0.481 e. The number of hydrogen-bond donors (Lipinski definition) is 1. The van der Waals surface area contributed by atoms with Crippen molar-refractivity contribution in [3.63, 3.8) is 0 Å². The number of carboxylic acid groups (broad SMARTS) is 1. The van der Waals surface area contributed by atoms with E-state index in [1.165, 1.54) is 16.4 Å². The summed E-state index contributed by atoms with van der Waals surface area (Å²) in [6.07, 6.45) is 0.146. The first-order valence-electron chi connectivity index (χ1n) is 8.32. The summed E-state index contributed by atoms with van der Waals surface area (Å²) >= 11 is 3.30. The Kier molecular flexibility index (Phi) is 6.83. The standard InChI is InChI=1S/C19H22BrNO4S/c1-14(2)15-5-9-17(10-6-15)21(13-3-4-19(22)23)26(24,25)18-11-7-16(20)8-12-18/h5-12,14H,3-4,13H2,1-2H3,(H,22,23). The fourth-order valence-electron chi connectivity index (χ4n) is 2.52. The Labute approximate surface area is 162 Å². The topological polar surface area (TPSA) is 74.7 Å². The van der Waals surface area contributed by atoms with Crippen LogP contribution >= 0.6 is 15.9 Å². The van der Waals surface area contributed by atoms with Gasteiger partial charge in [0.05, 0.1) is 10.6 Å². The minimum atomic E-state index is -3.78. The van der Waals surface area contributed by atoms with Crippen molar-refractivity contribution in [2.24, 2.45) is 0 Å². The second kappa shape index (κ2) is 8.68. The molecule has 0 saturated heterocycles. The first kappa shape index (κ1) is 20.5. The lowest BCUT2D eigenvalue weighted by atomic mass is 10.0. The van der Waals surface area contributed by atoms with E-state index in [1.807, 2.05) is 12.1 Å². The number of hydrogen-bond acceptors (Lipinski definition) is 3. The van der Waals surface area contributed by atoms with Gasteiger partial charge in [0.1, 0.15) is 0 Å². The molecule has 140 valence electrons. The summed E-state index contributed by atoms with van der Waals surface area (Å²) in [7, 11) is -3.78. The molecule has 1 N–H and O–H groups in total. The van der Waals surface area contributed by atoms with Crippen LogP contribution in [-0.2, 0) is 14.8 Å². The predicted octanol–water partition coefficient (Wildman–Crippen LogP) is 4.63. The maximum absolute atomic E-state index is 13.1. The third-order valence-electron chi connectivity index (χ3n) is 4.00. The Morgan fingerprint density at radius 1 is 1.08 bits per heavy atom. The average molecular weight is 440 g/mol. The fourth-order valence-corrected chi connectivity index (χ4v) is 4.29. The number of carbonyl (C=O) groups is 1. The van der Waals surface area contributed by atoms with Crippen LogP contribution in [0.15, 0.2) is 57.9 Å². The zero-order valence-electron chi connectivity index (χ0n) is 14.7. The van der Waals surface area contributed by atoms with Crippen LogP contribution < -0.4 is 4.31 Å². The molecule has 0 aliphatic carbocycles. The molecule has 0 spiro atoms. The number of sulfonamides is 1. The molecule has 0 atom stereocenters. The highest BCUT2D eigenvalue weighted by Gasteiger charge is 2.25. The maximum atomic E-state index is 13.1. The van der Waals surface area contributed by atoms with Crippen LogP contribution in [0.25, 0.3) is 0 Å². The maximum Gasteiger partial charge on any atom is 0.303 e. The first-order valence-corrected chi connectivity index (χ1v) is 10.5. The monoisotopic (exact) mass is 439 g/mol. The molecular weight excluding hydrogens is 418 g/mol. The van der Waals surface area contributed by atoms with E-state index in [4.69, 9.17) is 5.11 Å². The quantitative estimate of drug-likeness (QED) is 0.650. The van der Waals surface area contributed by atoms with E-state index >= 15 is 0 Å².